The minimum absolute atomic E-state index is 0.325. The summed E-state index contributed by atoms with van der Waals surface area (Å²) in [5.74, 6) is 0. The molecule has 0 aromatic heterocycles. The van der Waals surface area contributed by atoms with Crippen molar-refractivity contribution in [3.05, 3.63) is 32.5 Å². The van der Waals surface area contributed by atoms with Crippen LogP contribution in [0.15, 0.2) is 12.3 Å². The minimum Gasteiger partial charge on any atom is -0.259 e. The highest BCUT2D eigenvalue weighted by Gasteiger charge is 1.94. The summed E-state index contributed by atoms with van der Waals surface area (Å²) >= 11 is 0. The minimum atomic E-state index is -1.24. The smallest absolute Gasteiger partial charge is 0.259 e. The van der Waals surface area contributed by atoms with Crippen molar-refractivity contribution >= 4 is 0 Å². The van der Waals surface area contributed by atoms with E-state index in [1.165, 1.54) is 0 Å². The van der Waals surface area contributed by atoms with Crippen LogP contribution in [0.4, 0.5) is 0 Å². The molecule has 68 valence electrons. The van der Waals surface area contributed by atoms with Crippen LogP contribution in [0.1, 0.15) is 0 Å². The molecule has 9 nitrogen and oxygen atoms in total. The summed E-state index contributed by atoms with van der Waals surface area (Å²) in [6.45, 7) is -0.325. The summed E-state index contributed by atoms with van der Waals surface area (Å²) in [5, 5.41) is 21.3. The van der Waals surface area contributed by atoms with Crippen molar-refractivity contribution < 1.29 is 24.9 Å². The monoisotopic (exact) mass is 180 g/mol. The molecule has 0 bridgehead atoms. The molecule has 0 unspecified atom stereocenters. The summed E-state index contributed by atoms with van der Waals surface area (Å²) in [6, 6.07) is 0. The number of hydrogen-bond acceptors (Lipinski definition) is 7. The summed E-state index contributed by atoms with van der Waals surface area (Å²) in [5.41, 5.74) is 0. The predicted molar refractivity (Wildman–Crippen MR) is 31.3 cm³/mol. The van der Waals surface area contributed by atoms with Crippen molar-refractivity contribution in [3.63, 3.8) is 0 Å². The van der Waals surface area contributed by atoms with E-state index < -0.39 is 10.0 Å². The van der Waals surface area contributed by atoms with Crippen molar-refractivity contribution in [3.8, 4) is 0 Å². The number of nitro groups is 1. The lowest BCUT2D eigenvalue weighted by Gasteiger charge is -1.93. The Morgan fingerprint density at radius 2 is 2.00 bits per heavy atom. The normalized spacial score (nSPS) is 10.0. The zero-order chi connectivity index (χ0) is 9.40. The highest BCUT2D eigenvalue weighted by atomic mass is 17.6. The maximum Gasteiger partial charge on any atom is 0.324 e. The highest BCUT2D eigenvalue weighted by Crippen LogP contribution is 1.83. The molecule has 0 radical (unpaired) electrons. The predicted octanol–water partition coefficient (Wildman–Crippen LogP) is -0.152. The summed E-state index contributed by atoms with van der Waals surface area (Å²) in [4.78, 5) is 25.5. The molecule has 0 fully saturated rings. The van der Waals surface area contributed by atoms with E-state index in [0.29, 0.717) is 6.20 Å². The van der Waals surface area contributed by atoms with Crippen molar-refractivity contribution in [1.82, 2.24) is 0 Å². The maximum atomic E-state index is 9.62. The van der Waals surface area contributed by atoms with Crippen molar-refractivity contribution in [2.45, 2.75) is 0 Å². The van der Waals surface area contributed by atoms with Gasteiger partial charge in [-0.3, -0.25) is 10.1 Å². The van der Waals surface area contributed by atoms with Crippen LogP contribution in [0.5, 0.6) is 0 Å². The molecule has 0 heterocycles. The molecule has 0 saturated heterocycles. The SMILES string of the molecule is O=[N+]([O-])C=CCOOO[N+](=O)[O-]. The molecule has 0 aliphatic carbocycles. The van der Waals surface area contributed by atoms with Crippen molar-refractivity contribution in [2.75, 3.05) is 6.61 Å². The van der Waals surface area contributed by atoms with Crippen molar-refractivity contribution in [1.29, 1.82) is 0 Å². The fourth-order valence-corrected chi connectivity index (χ4v) is 0.243. The fraction of sp³-hybridized carbons (Fsp3) is 0.333. The second-order valence-electron chi connectivity index (χ2n) is 1.32. The van der Waals surface area contributed by atoms with Crippen molar-refractivity contribution in [2.24, 2.45) is 0 Å². The average Bonchev–Trinajstić information content (AvgIpc) is 1.95. The molecular weight excluding hydrogens is 176 g/mol. The van der Waals surface area contributed by atoms with E-state index in [9.17, 15) is 20.2 Å². The topological polar surface area (TPSA) is 114 Å². The Hall–Kier alpha value is -1.74. The van der Waals surface area contributed by atoms with Gasteiger partial charge in [0.05, 0.1) is 4.92 Å². The summed E-state index contributed by atoms with van der Waals surface area (Å²) in [6.07, 6.45) is 1.57. The second kappa shape index (κ2) is 6.00. The molecule has 0 rings (SSSR count). The standard InChI is InChI=1S/C3H4N2O7/c6-4(7)2-1-3-10-12-11-5(8)9/h1-2H,3H2. The molecule has 9 heteroatoms. The third kappa shape index (κ3) is 8.26. The van der Waals surface area contributed by atoms with E-state index in [-0.39, 0.29) is 6.61 Å². The Bertz CT molecular complexity index is 189. The molecule has 0 spiro atoms. The van der Waals surface area contributed by atoms with Crippen LogP contribution >= 0.6 is 0 Å². The lowest BCUT2D eigenvalue weighted by molar-refractivity contribution is -0.890. The van der Waals surface area contributed by atoms with Crippen LogP contribution in [0.25, 0.3) is 0 Å². The first kappa shape index (κ1) is 10.3. The van der Waals surface area contributed by atoms with Crippen LogP contribution < -0.4 is 0 Å². The van der Waals surface area contributed by atoms with Gasteiger partial charge in [0.15, 0.2) is 0 Å². The Morgan fingerprint density at radius 1 is 1.33 bits per heavy atom. The third-order valence-electron chi connectivity index (χ3n) is 0.531. The van der Waals surface area contributed by atoms with E-state index in [1.807, 2.05) is 0 Å². The molecule has 0 aromatic rings. The summed E-state index contributed by atoms with van der Waals surface area (Å²) in [7, 11) is 0. The van der Waals surface area contributed by atoms with Gasteiger partial charge in [-0.2, -0.15) is 0 Å². The van der Waals surface area contributed by atoms with Gasteiger partial charge in [-0.15, -0.1) is 15.1 Å². The number of rotatable bonds is 6. The quantitative estimate of drug-likeness (QED) is 0.241. The molecule has 0 aliphatic rings. The third-order valence-corrected chi connectivity index (χ3v) is 0.531. The van der Waals surface area contributed by atoms with Gasteiger partial charge in [-0.05, 0) is 5.04 Å². The lowest BCUT2D eigenvalue weighted by atomic mass is 10.7. The maximum absolute atomic E-state index is 9.62. The van der Waals surface area contributed by atoms with Gasteiger partial charge in [0.25, 0.3) is 0 Å². The summed E-state index contributed by atoms with van der Waals surface area (Å²) < 4.78 is 0. The highest BCUT2D eigenvalue weighted by molar-refractivity contribution is 4.70. The zero-order valence-electron chi connectivity index (χ0n) is 5.61. The molecule has 0 amide bonds. The van der Waals surface area contributed by atoms with Crippen LogP contribution in [-0.4, -0.2) is 16.6 Å². The molecule has 0 saturated carbocycles. The zero-order valence-corrected chi connectivity index (χ0v) is 5.61. The van der Waals surface area contributed by atoms with E-state index in [1.54, 1.807) is 0 Å². The van der Waals surface area contributed by atoms with Crippen LogP contribution in [0.3, 0.4) is 0 Å². The van der Waals surface area contributed by atoms with E-state index in [2.05, 4.69) is 14.9 Å². The van der Waals surface area contributed by atoms with Crippen LogP contribution in [0.2, 0.25) is 0 Å². The van der Waals surface area contributed by atoms with Crippen LogP contribution in [0, 0.1) is 20.2 Å². The van der Waals surface area contributed by atoms with Gasteiger partial charge in [-0.1, -0.05) is 0 Å². The Morgan fingerprint density at radius 3 is 2.50 bits per heavy atom. The number of hydrogen-bond donors (Lipinski definition) is 0. The average molecular weight is 180 g/mol. The fourth-order valence-electron chi connectivity index (χ4n) is 0.243. The van der Waals surface area contributed by atoms with Gasteiger partial charge in [0.2, 0.25) is 6.20 Å². The van der Waals surface area contributed by atoms with Gasteiger partial charge in [0.1, 0.15) is 6.61 Å². The van der Waals surface area contributed by atoms with E-state index in [4.69, 9.17) is 0 Å². The van der Waals surface area contributed by atoms with Gasteiger partial charge < -0.3 is 0 Å². The lowest BCUT2D eigenvalue weighted by Crippen LogP contribution is -2.03. The first-order valence-corrected chi connectivity index (χ1v) is 2.53. The molecule has 0 aromatic carbocycles. The Kier molecular flexibility index (Phi) is 5.13. The molecule has 12 heavy (non-hydrogen) atoms. The Labute approximate surface area is 65.2 Å². The Balaban J connectivity index is 3.21. The van der Waals surface area contributed by atoms with Gasteiger partial charge in [0, 0.05) is 6.08 Å². The van der Waals surface area contributed by atoms with E-state index >= 15 is 0 Å². The first-order valence-electron chi connectivity index (χ1n) is 2.53. The molecule has 0 N–H and O–H groups in total. The molecule has 0 atom stereocenters. The van der Waals surface area contributed by atoms with E-state index in [0.717, 1.165) is 6.08 Å². The number of nitrogens with zero attached hydrogens (tertiary/aromatic N) is 2. The van der Waals surface area contributed by atoms with Gasteiger partial charge >= 0.3 is 5.09 Å². The van der Waals surface area contributed by atoms with Crippen LogP contribution in [-0.2, 0) is 14.9 Å². The molecular formula is C3H4N2O7. The second-order valence-corrected chi connectivity index (χ2v) is 1.32. The molecule has 0 aliphatic heterocycles. The van der Waals surface area contributed by atoms with Gasteiger partial charge in [-0.25, -0.2) is 4.89 Å². The first-order chi connectivity index (χ1) is 5.63. The largest absolute Gasteiger partial charge is 0.324 e.